The summed E-state index contributed by atoms with van der Waals surface area (Å²) in [6.45, 7) is 14.2. The number of nitrogens with two attached hydrogens (primary N) is 1. The van der Waals surface area contributed by atoms with E-state index in [9.17, 15) is 0 Å². The van der Waals surface area contributed by atoms with Gasteiger partial charge in [0.25, 0.3) is 0 Å². The Bertz CT molecular complexity index is 444. The lowest BCUT2D eigenvalue weighted by molar-refractivity contribution is 0.0605. The van der Waals surface area contributed by atoms with Gasteiger partial charge in [-0.15, -0.1) is 0 Å². The van der Waals surface area contributed by atoms with Gasteiger partial charge in [-0.05, 0) is 38.4 Å². The summed E-state index contributed by atoms with van der Waals surface area (Å²) in [4.78, 5) is 5.11. The third-order valence-electron chi connectivity index (χ3n) is 4.65. The van der Waals surface area contributed by atoms with E-state index in [-0.39, 0.29) is 0 Å². The zero-order valence-corrected chi connectivity index (χ0v) is 13.4. The molecule has 3 nitrogen and oxygen atoms in total. The van der Waals surface area contributed by atoms with E-state index in [1.807, 2.05) is 0 Å². The summed E-state index contributed by atoms with van der Waals surface area (Å²) in [5, 5.41) is 0. The summed E-state index contributed by atoms with van der Waals surface area (Å²) in [6, 6.07) is 7.71. The van der Waals surface area contributed by atoms with E-state index in [4.69, 9.17) is 5.73 Å². The van der Waals surface area contributed by atoms with E-state index in [1.54, 1.807) is 0 Å². The van der Waals surface area contributed by atoms with Crippen molar-refractivity contribution in [1.29, 1.82) is 0 Å². The normalized spacial score (nSPS) is 22.9. The van der Waals surface area contributed by atoms with Crippen molar-refractivity contribution >= 4 is 0 Å². The predicted octanol–water partition coefficient (Wildman–Crippen LogP) is 2.33. The lowest BCUT2D eigenvalue weighted by Gasteiger charge is -2.43. The lowest BCUT2D eigenvalue weighted by Crippen LogP contribution is -2.53. The molecule has 3 heteroatoms. The minimum Gasteiger partial charge on any atom is -0.329 e. The zero-order valence-electron chi connectivity index (χ0n) is 13.4. The van der Waals surface area contributed by atoms with Crippen molar-refractivity contribution < 1.29 is 0 Å². The van der Waals surface area contributed by atoms with E-state index >= 15 is 0 Å². The molecule has 2 unspecified atom stereocenters. The van der Waals surface area contributed by atoms with Gasteiger partial charge in [0.05, 0.1) is 0 Å². The van der Waals surface area contributed by atoms with Crippen molar-refractivity contribution in [3.63, 3.8) is 0 Å². The van der Waals surface area contributed by atoms with Gasteiger partial charge in [0.1, 0.15) is 0 Å². The Morgan fingerprint density at radius 3 is 2.60 bits per heavy atom. The first kappa shape index (κ1) is 15.5. The molecule has 1 aromatic carbocycles. The molecule has 1 aliphatic heterocycles. The minimum absolute atomic E-state index is 0.358. The molecule has 112 valence electrons. The van der Waals surface area contributed by atoms with E-state index in [1.165, 1.54) is 16.7 Å². The van der Waals surface area contributed by atoms with Crippen molar-refractivity contribution in [3.8, 4) is 0 Å². The van der Waals surface area contributed by atoms with Crippen LogP contribution in [0.25, 0.3) is 0 Å². The highest BCUT2D eigenvalue weighted by atomic mass is 15.3. The number of rotatable bonds is 4. The van der Waals surface area contributed by atoms with Crippen LogP contribution in [0, 0.1) is 13.8 Å². The standard InChI is InChI=1S/C17H29N3/c1-5-19-8-9-20(12-15(19)4)17(11-18)16-7-6-13(2)10-14(16)3/h6-7,10,15,17H,5,8-9,11-12,18H2,1-4H3. The molecule has 0 amide bonds. The highest BCUT2D eigenvalue weighted by Crippen LogP contribution is 2.26. The number of piperazine rings is 1. The highest BCUT2D eigenvalue weighted by molar-refractivity contribution is 5.33. The fourth-order valence-corrected chi connectivity index (χ4v) is 3.45. The minimum atomic E-state index is 0.358. The van der Waals surface area contributed by atoms with Gasteiger partial charge in [-0.3, -0.25) is 9.80 Å². The summed E-state index contributed by atoms with van der Waals surface area (Å²) >= 11 is 0. The van der Waals surface area contributed by atoms with Gasteiger partial charge in [0.2, 0.25) is 0 Å². The average molecular weight is 275 g/mol. The molecule has 0 spiro atoms. The number of benzene rings is 1. The summed E-state index contributed by atoms with van der Waals surface area (Å²) in [6.07, 6.45) is 0. The molecule has 1 saturated heterocycles. The maximum absolute atomic E-state index is 6.10. The van der Waals surface area contributed by atoms with E-state index < -0.39 is 0 Å². The van der Waals surface area contributed by atoms with Crippen LogP contribution in [0.5, 0.6) is 0 Å². The zero-order chi connectivity index (χ0) is 14.7. The van der Waals surface area contributed by atoms with Gasteiger partial charge in [-0.25, -0.2) is 0 Å². The fraction of sp³-hybridized carbons (Fsp3) is 0.647. The van der Waals surface area contributed by atoms with Crippen LogP contribution in [0.15, 0.2) is 18.2 Å². The van der Waals surface area contributed by atoms with E-state index in [2.05, 4.69) is 55.7 Å². The molecule has 0 saturated carbocycles. The number of hydrogen-bond donors (Lipinski definition) is 1. The molecule has 0 aliphatic carbocycles. The van der Waals surface area contributed by atoms with Crippen LogP contribution >= 0.6 is 0 Å². The van der Waals surface area contributed by atoms with Gasteiger partial charge < -0.3 is 5.73 Å². The molecule has 1 aliphatic rings. The Balaban J connectivity index is 2.16. The third kappa shape index (κ3) is 3.22. The van der Waals surface area contributed by atoms with Crippen LogP contribution in [0.3, 0.4) is 0 Å². The Morgan fingerprint density at radius 1 is 1.30 bits per heavy atom. The smallest absolute Gasteiger partial charge is 0.0474 e. The Labute approximate surface area is 123 Å². The van der Waals surface area contributed by atoms with Gasteiger partial charge >= 0.3 is 0 Å². The van der Waals surface area contributed by atoms with Gasteiger partial charge in [0, 0.05) is 38.3 Å². The molecule has 1 heterocycles. The fourth-order valence-electron chi connectivity index (χ4n) is 3.45. The number of aryl methyl sites for hydroxylation is 2. The summed E-state index contributed by atoms with van der Waals surface area (Å²) in [7, 11) is 0. The second-order valence-corrected chi connectivity index (χ2v) is 6.08. The molecular weight excluding hydrogens is 246 g/mol. The Kier molecular flexibility index (Phi) is 5.19. The molecular formula is C17H29N3. The highest BCUT2D eigenvalue weighted by Gasteiger charge is 2.28. The SMILES string of the molecule is CCN1CCN(C(CN)c2ccc(C)cc2C)CC1C. The van der Waals surface area contributed by atoms with Crippen LogP contribution < -0.4 is 5.73 Å². The largest absolute Gasteiger partial charge is 0.329 e. The van der Waals surface area contributed by atoms with Crippen molar-refractivity contribution in [2.75, 3.05) is 32.7 Å². The third-order valence-corrected chi connectivity index (χ3v) is 4.65. The maximum atomic E-state index is 6.10. The predicted molar refractivity (Wildman–Crippen MR) is 86.0 cm³/mol. The molecule has 0 aromatic heterocycles. The number of likely N-dealkylation sites (N-methyl/N-ethyl adjacent to an activating group) is 1. The van der Waals surface area contributed by atoms with Gasteiger partial charge in [0.15, 0.2) is 0 Å². The summed E-state index contributed by atoms with van der Waals surface area (Å²) in [5.74, 6) is 0. The first-order valence-corrected chi connectivity index (χ1v) is 7.82. The van der Waals surface area contributed by atoms with Gasteiger partial charge in [-0.1, -0.05) is 30.7 Å². The quantitative estimate of drug-likeness (QED) is 0.915. The molecule has 0 radical (unpaired) electrons. The Morgan fingerprint density at radius 2 is 2.05 bits per heavy atom. The Hall–Kier alpha value is -0.900. The van der Waals surface area contributed by atoms with Crippen LogP contribution in [-0.4, -0.2) is 48.6 Å². The number of hydrogen-bond acceptors (Lipinski definition) is 3. The van der Waals surface area contributed by atoms with Crippen LogP contribution in [0.1, 0.15) is 36.6 Å². The average Bonchev–Trinajstić information content (AvgIpc) is 2.42. The molecule has 1 aromatic rings. The second-order valence-electron chi connectivity index (χ2n) is 6.08. The van der Waals surface area contributed by atoms with Gasteiger partial charge in [-0.2, -0.15) is 0 Å². The first-order chi connectivity index (χ1) is 9.56. The lowest BCUT2D eigenvalue weighted by atomic mass is 9.97. The van der Waals surface area contributed by atoms with Crippen LogP contribution in [0.2, 0.25) is 0 Å². The maximum Gasteiger partial charge on any atom is 0.0474 e. The van der Waals surface area contributed by atoms with Crippen molar-refractivity contribution in [2.24, 2.45) is 5.73 Å². The van der Waals surface area contributed by atoms with E-state index in [0.29, 0.717) is 18.6 Å². The van der Waals surface area contributed by atoms with Crippen LogP contribution in [0.4, 0.5) is 0 Å². The first-order valence-electron chi connectivity index (χ1n) is 7.82. The molecule has 2 N–H and O–H groups in total. The molecule has 2 atom stereocenters. The van der Waals surface area contributed by atoms with Crippen molar-refractivity contribution in [2.45, 2.75) is 39.8 Å². The monoisotopic (exact) mass is 275 g/mol. The second kappa shape index (κ2) is 6.70. The molecule has 20 heavy (non-hydrogen) atoms. The molecule has 0 bridgehead atoms. The van der Waals surface area contributed by atoms with Crippen molar-refractivity contribution in [1.82, 2.24) is 9.80 Å². The van der Waals surface area contributed by atoms with E-state index in [0.717, 1.165) is 26.2 Å². The summed E-state index contributed by atoms with van der Waals surface area (Å²) < 4.78 is 0. The molecule has 2 rings (SSSR count). The van der Waals surface area contributed by atoms with Crippen LogP contribution in [-0.2, 0) is 0 Å². The molecule has 1 fully saturated rings. The summed E-state index contributed by atoms with van der Waals surface area (Å²) in [5.41, 5.74) is 10.2. The number of nitrogens with zero attached hydrogens (tertiary/aromatic N) is 2. The topological polar surface area (TPSA) is 32.5 Å². The van der Waals surface area contributed by atoms with Crippen molar-refractivity contribution in [3.05, 3.63) is 34.9 Å².